The van der Waals surface area contributed by atoms with Gasteiger partial charge in [0.15, 0.2) is 5.76 Å². The first-order valence-corrected chi connectivity index (χ1v) is 8.83. The maximum Gasteiger partial charge on any atom is 0.338 e. The van der Waals surface area contributed by atoms with Gasteiger partial charge in [-0.1, -0.05) is 11.6 Å². The van der Waals surface area contributed by atoms with Gasteiger partial charge < -0.3 is 19.7 Å². The van der Waals surface area contributed by atoms with Gasteiger partial charge in [-0.2, -0.15) is 11.8 Å². The van der Waals surface area contributed by atoms with E-state index in [9.17, 15) is 9.59 Å². The molecule has 2 N–H and O–H groups in total. The molecule has 6 nitrogen and oxygen atoms in total. The lowest BCUT2D eigenvalue weighted by atomic mass is 10.2. The molecule has 0 atom stereocenters. The summed E-state index contributed by atoms with van der Waals surface area (Å²) in [6.07, 6.45) is 1.04. The molecule has 1 aliphatic rings. The Balaban J connectivity index is 1.83. The van der Waals surface area contributed by atoms with Crippen molar-refractivity contribution in [3.8, 4) is 0 Å². The SMILES string of the molecule is O=C(O)c1coc(C(=O)Nc2cc(Cl)ccc2N2CCSCC2)c1. The number of halogens is 1. The summed E-state index contributed by atoms with van der Waals surface area (Å²) in [5.41, 5.74) is 1.39. The van der Waals surface area contributed by atoms with Crippen molar-refractivity contribution < 1.29 is 19.1 Å². The largest absolute Gasteiger partial charge is 0.478 e. The molecule has 1 aromatic carbocycles. The lowest BCUT2D eigenvalue weighted by Gasteiger charge is -2.30. The van der Waals surface area contributed by atoms with Crippen molar-refractivity contribution in [2.75, 3.05) is 34.8 Å². The minimum absolute atomic E-state index is 0.0625. The molecule has 0 bridgehead atoms. The fourth-order valence-electron chi connectivity index (χ4n) is 2.44. The van der Waals surface area contributed by atoms with Crippen molar-refractivity contribution in [3.05, 3.63) is 46.9 Å². The van der Waals surface area contributed by atoms with E-state index in [1.54, 1.807) is 12.1 Å². The average Bonchev–Trinajstić information content (AvgIpc) is 3.06. The first-order chi connectivity index (χ1) is 11.5. The first-order valence-electron chi connectivity index (χ1n) is 7.30. The Labute approximate surface area is 147 Å². The third kappa shape index (κ3) is 3.68. The number of carbonyl (C=O) groups is 2. The lowest BCUT2D eigenvalue weighted by Crippen LogP contribution is -2.33. The number of hydrogen-bond donors (Lipinski definition) is 2. The van der Waals surface area contributed by atoms with Crippen LogP contribution in [-0.2, 0) is 0 Å². The molecule has 0 saturated carbocycles. The van der Waals surface area contributed by atoms with Crippen LogP contribution in [0.3, 0.4) is 0 Å². The average molecular weight is 367 g/mol. The Bertz CT molecular complexity index is 771. The summed E-state index contributed by atoms with van der Waals surface area (Å²) in [6.45, 7) is 1.78. The molecule has 1 fully saturated rings. The monoisotopic (exact) mass is 366 g/mol. The highest BCUT2D eigenvalue weighted by molar-refractivity contribution is 7.99. The molecule has 126 valence electrons. The minimum Gasteiger partial charge on any atom is -0.478 e. The summed E-state index contributed by atoms with van der Waals surface area (Å²) in [5, 5.41) is 12.2. The summed E-state index contributed by atoms with van der Waals surface area (Å²) in [6, 6.07) is 6.53. The van der Waals surface area contributed by atoms with Gasteiger partial charge in [-0.05, 0) is 18.2 Å². The van der Waals surface area contributed by atoms with Crippen LogP contribution in [0.1, 0.15) is 20.9 Å². The van der Waals surface area contributed by atoms with Crippen LogP contribution in [0.4, 0.5) is 11.4 Å². The summed E-state index contributed by atoms with van der Waals surface area (Å²) >= 11 is 7.95. The van der Waals surface area contributed by atoms with E-state index >= 15 is 0 Å². The topological polar surface area (TPSA) is 82.8 Å². The molecule has 0 aliphatic carbocycles. The highest BCUT2D eigenvalue weighted by Gasteiger charge is 2.19. The second-order valence-corrected chi connectivity index (χ2v) is 6.88. The number of carbonyl (C=O) groups excluding carboxylic acids is 1. The van der Waals surface area contributed by atoms with Gasteiger partial charge >= 0.3 is 5.97 Å². The van der Waals surface area contributed by atoms with Crippen molar-refractivity contribution in [2.24, 2.45) is 0 Å². The molecule has 0 unspecified atom stereocenters. The number of carboxylic acid groups (broad SMARTS) is 1. The molecule has 1 aliphatic heterocycles. The maximum absolute atomic E-state index is 12.3. The fourth-order valence-corrected chi connectivity index (χ4v) is 3.51. The number of hydrogen-bond acceptors (Lipinski definition) is 5. The number of amides is 1. The highest BCUT2D eigenvalue weighted by atomic mass is 35.5. The van der Waals surface area contributed by atoms with E-state index in [0.29, 0.717) is 10.7 Å². The van der Waals surface area contributed by atoms with Crippen molar-refractivity contribution >= 4 is 46.6 Å². The first kappa shape index (κ1) is 16.7. The number of nitrogens with one attached hydrogen (secondary N) is 1. The van der Waals surface area contributed by atoms with Gasteiger partial charge in [0.05, 0.1) is 16.9 Å². The van der Waals surface area contributed by atoms with Crippen LogP contribution in [0.15, 0.2) is 34.9 Å². The van der Waals surface area contributed by atoms with E-state index in [4.69, 9.17) is 21.1 Å². The Morgan fingerprint density at radius 3 is 2.67 bits per heavy atom. The molecule has 0 spiro atoms. The summed E-state index contributed by atoms with van der Waals surface area (Å²) in [5.74, 6) is 0.323. The third-order valence-corrected chi connectivity index (χ3v) is 4.81. The Morgan fingerprint density at radius 1 is 1.25 bits per heavy atom. The van der Waals surface area contributed by atoms with E-state index < -0.39 is 11.9 Å². The molecule has 0 radical (unpaired) electrons. The fraction of sp³-hybridized carbons (Fsp3) is 0.250. The second-order valence-electron chi connectivity index (χ2n) is 5.22. The Morgan fingerprint density at radius 2 is 2.00 bits per heavy atom. The summed E-state index contributed by atoms with van der Waals surface area (Å²) < 4.78 is 5.03. The van der Waals surface area contributed by atoms with E-state index in [2.05, 4.69) is 10.2 Å². The number of rotatable bonds is 4. The zero-order chi connectivity index (χ0) is 17.1. The number of aromatic carboxylic acids is 1. The molecule has 2 aromatic rings. The van der Waals surface area contributed by atoms with Crippen LogP contribution >= 0.6 is 23.4 Å². The second kappa shape index (κ2) is 7.19. The number of benzene rings is 1. The smallest absolute Gasteiger partial charge is 0.338 e. The van der Waals surface area contributed by atoms with E-state index in [1.807, 2.05) is 17.8 Å². The van der Waals surface area contributed by atoms with Gasteiger partial charge in [0.2, 0.25) is 0 Å². The molecule has 8 heteroatoms. The number of anilines is 2. The minimum atomic E-state index is -1.15. The quantitative estimate of drug-likeness (QED) is 0.862. The predicted octanol–water partition coefficient (Wildman–Crippen LogP) is 3.44. The van der Waals surface area contributed by atoms with Gasteiger partial charge in [-0.3, -0.25) is 4.79 Å². The Kier molecular flexibility index (Phi) is 5.01. The number of furan rings is 1. The number of thioether (sulfide) groups is 1. The molecule has 1 saturated heterocycles. The summed E-state index contributed by atoms with van der Waals surface area (Å²) in [4.78, 5) is 25.4. The lowest BCUT2D eigenvalue weighted by molar-refractivity contribution is 0.0696. The number of nitrogens with zero attached hydrogens (tertiary/aromatic N) is 1. The van der Waals surface area contributed by atoms with Crippen LogP contribution in [0.25, 0.3) is 0 Å². The standard InChI is InChI=1S/C16H15ClN2O4S/c17-11-1-2-13(19-3-5-24-6-4-19)12(8-11)18-15(20)14-7-10(9-23-14)16(21)22/h1-2,7-9H,3-6H2,(H,18,20)(H,21,22). The van der Waals surface area contributed by atoms with Crippen LogP contribution in [0.5, 0.6) is 0 Å². The van der Waals surface area contributed by atoms with E-state index in [0.717, 1.165) is 36.5 Å². The van der Waals surface area contributed by atoms with Crippen molar-refractivity contribution in [1.29, 1.82) is 0 Å². The van der Waals surface area contributed by atoms with Crippen LogP contribution in [0, 0.1) is 0 Å². The van der Waals surface area contributed by atoms with Gasteiger partial charge in [-0.15, -0.1) is 0 Å². The van der Waals surface area contributed by atoms with Crippen LogP contribution in [-0.4, -0.2) is 41.6 Å². The molecule has 1 amide bonds. The number of carboxylic acids is 1. The van der Waals surface area contributed by atoms with Crippen molar-refractivity contribution in [2.45, 2.75) is 0 Å². The zero-order valence-electron chi connectivity index (χ0n) is 12.6. The molecule has 24 heavy (non-hydrogen) atoms. The van der Waals surface area contributed by atoms with Gasteiger partial charge in [0.1, 0.15) is 6.26 Å². The van der Waals surface area contributed by atoms with Gasteiger partial charge in [-0.25, -0.2) is 4.79 Å². The maximum atomic E-state index is 12.3. The van der Waals surface area contributed by atoms with Crippen molar-refractivity contribution in [3.63, 3.8) is 0 Å². The molecular formula is C16H15ClN2O4S. The van der Waals surface area contributed by atoms with Crippen LogP contribution < -0.4 is 10.2 Å². The van der Waals surface area contributed by atoms with E-state index in [1.165, 1.54) is 6.07 Å². The highest BCUT2D eigenvalue weighted by Crippen LogP contribution is 2.31. The van der Waals surface area contributed by atoms with Gasteiger partial charge in [0.25, 0.3) is 5.91 Å². The third-order valence-electron chi connectivity index (χ3n) is 3.63. The van der Waals surface area contributed by atoms with E-state index in [-0.39, 0.29) is 11.3 Å². The predicted molar refractivity (Wildman–Crippen MR) is 94.6 cm³/mol. The molecular weight excluding hydrogens is 352 g/mol. The molecule has 2 heterocycles. The normalized spacial score (nSPS) is 14.5. The van der Waals surface area contributed by atoms with Gasteiger partial charge in [0, 0.05) is 35.7 Å². The molecule has 3 rings (SSSR count). The molecule has 1 aromatic heterocycles. The van der Waals surface area contributed by atoms with Crippen LogP contribution in [0.2, 0.25) is 5.02 Å². The summed E-state index contributed by atoms with van der Waals surface area (Å²) in [7, 11) is 0. The zero-order valence-corrected chi connectivity index (χ0v) is 14.2. The Hall–Kier alpha value is -2.12. The van der Waals surface area contributed by atoms with Crippen molar-refractivity contribution in [1.82, 2.24) is 0 Å².